The minimum atomic E-state index is -0.0221. The number of hydrogen-bond acceptors (Lipinski definition) is 1. The second kappa shape index (κ2) is 7.75. The molecule has 2 aliphatic rings. The lowest BCUT2D eigenvalue weighted by Gasteiger charge is -2.20. The first-order chi connectivity index (χ1) is 19.4. The van der Waals surface area contributed by atoms with Gasteiger partial charge in [-0.05, 0) is 48.6 Å². The van der Waals surface area contributed by atoms with Crippen LogP contribution in [0.2, 0.25) is 0 Å². The average Bonchev–Trinajstić information content (AvgIpc) is 3.65. The summed E-state index contributed by atoms with van der Waals surface area (Å²) in [4.78, 5) is 0. The highest BCUT2D eigenvalue weighted by Crippen LogP contribution is 2.48. The lowest BCUT2D eigenvalue weighted by molar-refractivity contribution is 0.268. The zero-order chi connectivity index (χ0) is 25.5. The van der Waals surface area contributed by atoms with E-state index in [4.69, 9.17) is 4.74 Å². The van der Waals surface area contributed by atoms with E-state index >= 15 is 0 Å². The Bertz CT molecular complexity index is 2070. The molecule has 0 saturated carbocycles. The molecule has 3 heteroatoms. The van der Waals surface area contributed by atoms with Gasteiger partial charge in [-0.25, -0.2) is 0 Å². The predicted octanol–water partition coefficient (Wildman–Crippen LogP) is 8.85. The van der Waals surface area contributed by atoms with Gasteiger partial charge in [-0.1, -0.05) is 84.9 Å². The summed E-state index contributed by atoms with van der Waals surface area (Å²) in [5.41, 5.74) is 8.37. The van der Waals surface area contributed by atoms with Crippen molar-refractivity contribution in [3.05, 3.63) is 139 Å². The molecule has 3 heterocycles. The van der Waals surface area contributed by atoms with E-state index in [-0.39, 0.29) is 12.0 Å². The number of aromatic nitrogens is 2. The lowest BCUT2D eigenvalue weighted by atomic mass is 9.90. The Morgan fingerprint density at radius 2 is 1.03 bits per heavy atom. The van der Waals surface area contributed by atoms with Crippen molar-refractivity contribution in [3.8, 4) is 11.4 Å². The van der Waals surface area contributed by atoms with Crippen LogP contribution in [0.5, 0.6) is 5.75 Å². The van der Waals surface area contributed by atoms with Gasteiger partial charge in [0.1, 0.15) is 11.9 Å². The van der Waals surface area contributed by atoms with Gasteiger partial charge in [0.05, 0.1) is 27.8 Å². The molecule has 0 fully saturated rings. The van der Waals surface area contributed by atoms with E-state index < -0.39 is 0 Å². The van der Waals surface area contributed by atoms with Crippen LogP contribution in [0, 0.1) is 0 Å². The van der Waals surface area contributed by atoms with E-state index in [9.17, 15) is 0 Å². The number of para-hydroxylation sites is 5. The standard InChI is InChI=1S/C36H24N2O/c1-5-15-30-24(10-1)25-11-2-6-16-31(25)37(30)23-20-21-35-29(22-23)28-14-9-19-34(36(28)39-35)38-32-17-7-3-12-26(32)27-13-4-8-18-33(27)38/h1-22,29,35H. The molecule has 9 rings (SSSR count). The molecule has 184 valence electrons. The SMILES string of the molecule is C1=CC2Oc3c(cccc3-n3c4ccccc4c4ccccc43)C2C=C1n1c2ccccc2c2ccccc21. The molecule has 0 radical (unpaired) electrons. The van der Waals surface area contributed by atoms with E-state index in [1.54, 1.807) is 0 Å². The summed E-state index contributed by atoms with van der Waals surface area (Å²) >= 11 is 0. The highest BCUT2D eigenvalue weighted by Gasteiger charge is 2.36. The van der Waals surface area contributed by atoms with E-state index in [0.29, 0.717) is 0 Å². The molecule has 7 aromatic rings. The summed E-state index contributed by atoms with van der Waals surface area (Å²) in [5.74, 6) is 1.12. The molecule has 0 amide bonds. The largest absolute Gasteiger partial charge is 0.483 e. The maximum Gasteiger partial charge on any atom is 0.148 e. The molecule has 1 aliphatic heterocycles. The van der Waals surface area contributed by atoms with Crippen molar-refractivity contribution in [2.75, 3.05) is 0 Å². The quantitative estimate of drug-likeness (QED) is 0.232. The van der Waals surface area contributed by atoms with Crippen LogP contribution in [0.15, 0.2) is 133 Å². The van der Waals surface area contributed by atoms with Gasteiger partial charge < -0.3 is 13.9 Å². The maximum atomic E-state index is 6.74. The van der Waals surface area contributed by atoms with Gasteiger partial charge in [0.15, 0.2) is 0 Å². The lowest BCUT2D eigenvalue weighted by Crippen LogP contribution is -2.18. The van der Waals surface area contributed by atoms with Crippen LogP contribution in [0.25, 0.3) is 55.0 Å². The Morgan fingerprint density at radius 3 is 1.59 bits per heavy atom. The van der Waals surface area contributed by atoms with Gasteiger partial charge >= 0.3 is 0 Å². The number of fused-ring (bicyclic) bond motifs is 9. The molecule has 2 unspecified atom stereocenters. The van der Waals surface area contributed by atoms with Crippen LogP contribution in [0.1, 0.15) is 11.5 Å². The van der Waals surface area contributed by atoms with Gasteiger partial charge in [0.2, 0.25) is 0 Å². The molecule has 2 atom stereocenters. The fourth-order valence-electron chi connectivity index (χ4n) is 6.80. The fourth-order valence-corrected chi connectivity index (χ4v) is 6.80. The zero-order valence-corrected chi connectivity index (χ0v) is 21.2. The van der Waals surface area contributed by atoms with Crippen molar-refractivity contribution >= 4 is 49.3 Å². The molecule has 0 bridgehead atoms. The number of hydrogen-bond donors (Lipinski definition) is 0. The number of ether oxygens (including phenoxy) is 1. The average molecular weight is 501 g/mol. The van der Waals surface area contributed by atoms with Gasteiger partial charge in [-0.3, -0.25) is 0 Å². The van der Waals surface area contributed by atoms with Crippen LogP contribution >= 0.6 is 0 Å². The second-order valence-corrected chi connectivity index (χ2v) is 10.5. The molecule has 2 aromatic heterocycles. The summed E-state index contributed by atoms with van der Waals surface area (Å²) < 4.78 is 11.5. The zero-order valence-electron chi connectivity index (χ0n) is 21.2. The van der Waals surface area contributed by atoms with E-state index in [0.717, 1.165) is 11.4 Å². The summed E-state index contributed by atoms with van der Waals surface area (Å²) in [6.07, 6.45) is 6.84. The van der Waals surface area contributed by atoms with Gasteiger partial charge in [0.25, 0.3) is 0 Å². The minimum Gasteiger partial charge on any atom is -0.483 e. The minimum absolute atomic E-state index is 0.0221. The Balaban J connectivity index is 1.25. The molecule has 0 saturated heterocycles. The summed E-state index contributed by atoms with van der Waals surface area (Å²) in [6.45, 7) is 0. The Hall–Kier alpha value is -5.02. The van der Waals surface area contributed by atoms with Crippen molar-refractivity contribution in [1.29, 1.82) is 0 Å². The third-order valence-electron chi connectivity index (χ3n) is 8.46. The molecule has 1 aliphatic carbocycles. The topological polar surface area (TPSA) is 19.1 Å². The number of allylic oxidation sites excluding steroid dienone is 2. The Kier molecular flexibility index (Phi) is 4.17. The molecule has 39 heavy (non-hydrogen) atoms. The number of rotatable bonds is 2. The Morgan fingerprint density at radius 1 is 0.513 bits per heavy atom. The van der Waals surface area contributed by atoms with Gasteiger partial charge in [-0.2, -0.15) is 0 Å². The molecular formula is C36H24N2O. The normalized spacial score (nSPS) is 18.0. The Labute approximate surface area is 225 Å². The van der Waals surface area contributed by atoms with Crippen molar-refractivity contribution in [1.82, 2.24) is 9.13 Å². The molecular weight excluding hydrogens is 476 g/mol. The summed E-state index contributed by atoms with van der Waals surface area (Å²) in [7, 11) is 0. The first-order valence-electron chi connectivity index (χ1n) is 13.5. The third-order valence-corrected chi connectivity index (χ3v) is 8.46. The smallest absolute Gasteiger partial charge is 0.148 e. The van der Waals surface area contributed by atoms with E-state index in [1.165, 1.54) is 54.9 Å². The number of benzene rings is 5. The summed E-state index contributed by atoms with van der Waals surface area (Å²) in [6, 6.07) is 41.3. The van der Waals surface area contributed by atoms with E-state index in [1.807, 2.05) is 0 Å². The molecule has 0 N–H and O–H groups in total. The first kappa shape index (κ1) is 21.0. The third kappa shape index (κ3) is 2.82. The van der Waals surface area contributed by atoms with Crippen molar-refractivity contribution in [2.45, 2.75) is 12.0 Å². The van der Waals surface area contributed by atoms with Crippen LogP contribution in [-0.4, -0.2) is 15.2 Å². The number of nitrogens with zero attached hydrogens (tertiary/aromatic N) is 2. The molecule has 3 nitrogen and oxygen atoms in total. The van der Waals surface area contributed by atoms with E-state index in [2.05, 4.69) is 143 Å². The van der Waals surface area contributed by atoms with Crippen molar-refractivity contribution < 1.29 is 4.74 Å². The molecule has 0 spiro atoms. The van der Waals surface area contributed by atoms with Crippen LogP contribution in [0.4, 0.5) is 0 Å². The highest BCUT2D eigenvalue weighted by molar-refractivity contribution is 6.11. The van der Waals surface area contributed by atoms with Gasteiger partial charge in [0, 0.05) is 38.7 Å². The van der Waals surface area contributed by atoms with Crippen LogP contribution in [-0.2, 0) is 0 Å². The van der Waals surface area contributed by atoms with Crippen LogP contribution in [0.3, 0.4) is 0 Å². The molecule has 5 aromatic carbocycles. The summed E-state index contributed by atoms with van der Waals surface area (Å²) in [5, 5.41) is 5.08. The van der Waals surface area contributed by atoms with Crippen LogP contribution < -0.4 is 4.74 Å². The monoisotopic (exact) mass is 500 g/mol. The first-order valence-corrected chi connectivity index (χ1v) is 13.5. The van der Waals surface area contributed by atoms with Crippen molar-refractivity contribution in [3.63, 3.8) is 0 Å². The fraction of sp³-hybridized carbons (Fsp3) is 0.0556. The highest BCUT2D eigenvalue weighted by atomic mass is 16.5. The predicted molar refractivity (Wildman–Crippen MR) is 161 cm³/mol. The maximum absolute atomic E-state index is 6.74. The second-order valence-electron chi connectivity index (χ2n) is 10.5. The van der Waals surface area contributed by atoms with Gasteiger partial charge in [-0.15, -0.1) is 0 Å². The van der Waals surface area contributed by atoms with Crippen molar-refractivity contribution in [2.24, 2.45) is 0 Å².